The zero-order valence-electron chi connectivity index (χ0n) is 11.6. The predicted octanol–water partition coefficient (Wildman–Crippen LogP) is 3.43. The Morgan fingerprint density at radius 1 is 1.21 bits per heavy atom. The summed E-state index contributed by atoms with van der Waals surface area (Å²) in [7, 11) is 1.40. The van der Waals surface area contributed by atoms with Gasteiger partial charge >= 0.3 is 5.97 Å². The molecule has 0 N–H and O–H groups in total. The lowest BCUT2D eigenvalue weighted by molar-refractivity contribution is -0.137. The Morgan fingerprint density at radius 3 is 2.58 bits per heavy atom. The number of fused-ring (bicyclic) bond motifs is 1. The molecular weight excluding hydrogens is 258 g/mol. The van der Waals surface area contributed by atoms with Crippen LogP contribution < -0.4 is 0 Å². The maximum atomic E-state index is 11.2. The Kier molecular flexibility index (Phi) is 4.10. The van der Waals surface area contributed by atoms with E-state index in [0.29, 0.717) is 5.75 Å². The van der Waals surface area contributed by atoms with Crippen LogP contribution in [0.3, 0.4) is 0 Å². The Hall–Kier alpha value is -1.55. The second kappa shape index (κ2) is 5.61. The molecule has 0 spiro atoms. The first-order valence-corrected chi connectivity index (χ1v) is 7.08. The molecule has 19 heavy (non-hydrogen) atoms. The molecule has 0 bridgehead atoms. The second-order valence-corrected chi connectivity index (χ2v) is 5.53. The lowest BCUT2D eigenvalue weighted by atomic mass is 10.0. The highest BCUT2D eigenvalue weighted by molar-refractivity contribution is 7.99. The van der Waals surface area contributed by atoms with Crippen molar-refractivity contribution < 1.29 is 9.53 Å². The standard InChI is InChI=1S/C15H17NO2S/c1-9-5-6-10(2)14-12(9)7-11(3)15(16-14)19-8-13(17)18-4/h5-7H,8H2,1-4H3. The van der Waals surface area contributed by atoms with Crippen molar-refractivity contribution in [1.82, 2.24) is 4.98 Å². The van der Waals surface area contributed by atoms with Gasteiger partial charge in [-0.1, -0.05) is 23.9 Å². The summed E-state index contributed by atoms with van der Waals surface area (Å²) in [5, 5.41) is 2.08. The molecule has 0 saturated heterocycles. The van der Waals surface area contributed by atoms with Gasteiger partial charge in [0.25, 0.3) is 0 Å². The Labute approximate surface area is 117 Å². The van der Waals surface area contributed by atoms with E-state index in [-0.39, 0.29) is 5.97 Å². The summed E-state index contributed by atoms with van der Waals surface area (Å²) in [5.74, 6) is 0.0630. The van der Waals surface area contributed by atoms with Gasteiger partial charge in [0.1, 0.15) is 5.03 Å². The molecule has 2 rings (SSSR count). The molecule has 3 nitrogen and oxygen atoms in total. The zero-order valence-corrected chi connectivity index (χ0v) is 12.4. The van der Waals surface area contributed by atoms with Gasteiger partial charge in [-0.15, -0.1) is 0 Å². The van der Waals surface area contributed by atoms with Gasteiger partial charge in [-0.25, -0.2) is 4.98 Å². The Morgan fingerprint density at radius 2 is 1.89 bits per heavy atom. The molecule has 0 atom stereocenters. The highest BCUT2D eigenvalue weighted by Crippen LogP contribution is 2.27. The van der Waals surface area contributed by atoms with Gasteiger partial charge in [0.2, 0.25) is 0 Å². The van der Waals surface area contributed by atoms with E-state index in [1.54, 1.807) is 0 Å². The number of pyridine rings is 1. The number of hydrogen-bond donors (Lipinski definition) is 0. The smallest absolute Gasteiger partial charge is 0.316 e. The first-order chi connectivity index (χ1) is 9.02. The molecular formula is C15H17NO2S. The molecule has 1 aromatic heterocycles. The largest absolute Gasteiger partial charge is 0.468 e. The van der Waals surface area contributed by atoms with Crippen molar-refractivity contribution >= 4 is 28.6 Å². The number of aromatic nitrogens is 1. The molecule has 100 valence electrons. The van der Waals surface area contributed by atoms with E-state index in [0.717, 1.165) is 21.7 Å². The van der Waals surface area contributed by atoms with Gasteiger partial charge in [0.05, 0.1) is 18.4 Å². The second-order valence-electron chi connectivity index (χ2n) is 4.57. The quantitative estimate of drug-likeness (QED) is 0.635. The summed E-state index contributed by atoms with van der Waals surface area (Å²) in [4.78, 5) is 15.9. The minimum Gasteiger partial charge on any atom is -0.468 e. The number of carbonyl (C=O) groups excluding carboxylic acids is 1. The number of aryl methyl sites for hydroxylation is 3. The van der Waals surface area contributed by atoms with E-state index in [4.69, 9.17) is 4.98 Å². The van der Waals surface area contributed by atoms with Crippen LogP contribution in [0.4, 0.5) is 0 Å². The van der Waals surface area contributed by atoms with Gasteiger partial charge in [-0.3, -0.25) is 4.79 Å². The zero-order chi connectivity index (χ0) is 14.0. The number of benzene rings is 1. The van der Waals surface area contributed by atoms with Crippen LogP contribution in [0.1, 0.15) is 16.7 Å². The summed E-state index contributed by atoms with van der Waals surface area (Å²) in [6, 6.07) is 6.33. The fourth-order valence-electron chi connectivity index (χ4n) is 1.95. The van der Waals surface area contributed by atoms with Crippen molar-refractivity contribution in [2.45, 2.75) is 25.8 Å². The van der Waals surface area contributed by atoms with Gasteiger partial charge in [-0.05, 0) is 43.5 Å². The summed E-state index contributed by atoms with van der Waals surface area (Å²) in [5.41, 5.74) is 4.48. The average Bonchev–Trinajstić information content (AvgIpc) is 2.41. The van der Waals surface area contributed by atoms with Crippen molar-refractivity contribution in [3.63, 3.8) is 0 Å². The summed E-state index contributed by atoms with van der Waals surface area (Å²) in [6.07, 6.45) is 0. The molecule has 0 saturated carbocycles. The van der Waals surface area contributed by atoms with Gasteiger partial charge in [0.15, 0.2) is 0 Å². The Bertz CT molecular complexity index is 638. The lowest BCUT2D eigenvalue weighted by Crippen LogP contribution is -2.04. The molecule has 0 aliphatic rings. The summed E-state index contributed by atoms with van der Waals surface area (Å²) < 4.78 is 4.65. The van der Waals surface area contributed by atoms with Crippen molar-refractivity contribution in [2.75, 3.05) is 12.9 Å². The maximum absolute atomic E-state index is 11.2. The van der Waals surface area contributed by atoms with Crippen molar-refractivity contribution in [3.05, 3.63) is 34.9 Å². The Balaban J connectivity index is 2.43. The van der Waals surface area contributed by atoms with Crippen LogP contribution in [0.25, 0.3) is 10.9 Å². The molecule has 4 heteroatoms. The minimum absolute atomic E-state index is 0.229. The number of rotatable bonds is 3. The van der Waals surface area contributed by atoms with Crippen LogP contribution in [-0.4, -0.2) is 23.8 Å². The molecule has 0 unspecified atom stereocenters. The molecule has 0 radical (unpaired) electrons. The number of ether oxygens (including phenoxy) is 1. The fourth-order valence-corrected chi connectivity index (χ4v) is 2.76. The SMILES string of the molecule is COC(=O)CSc1nc2c(C)ccc(C)c2cc1C. The van der Waals surface area contributed by atoms with Crippen LogP contribution in [0.15, 0.2) is 23.2 Å². The number of methoxy groups -OCH3 is 1. The van der Waals surface area contributed by atoms with Crippen LogP contribution in [0, 0.1) is 20.8 Å². The van der Waals surface area contributed by atoms with Crippen LogP contribution >= 0.6 is 11.8 Å². The first kappa shape index (κ1) is 13.9. The van der Waals surface area contributed by atoms with Gasteiger partial charge in [0, 0.05) is 5.39 Å². The average molecular weight is 275 g/mol. The molecule has 0 amide bonds. The third-order valence-electron chi connectivity index (χ3n) is 3.10. The molecule has 2 aromatic rings. The molecule has 0 aliphatic carbocycles. The lowest BCUT2D eigenvalue weighted by Gasteiger charge is -2.10. The third kappa shape index (κ3) is 2.89. The van der Waals surface area contributed by atoms with Gasteiger partial charge in [-0.2, -0.15) is 0 Å². The monoisotopic (exact) mass is 275 g/mol. The number of thioether (sulfide) groups is 1. The minimum atomic E-state index is -0.229. The normalized spacial score (nSPS) is 10.7. The third-order valence-corrected chi connectivity index (χ3v) is 4.17. The number of nitrogens with zero attached hydrogens (tertiary/aromatic N) is 1. The van der Waals surface area contributed by atoms with E-state index >= 15 is 0 Å². The number of carbonyl (C=O) groups is 1. The van der Waals surface area contributed by atoms with Gasteiger partial charge < -0.3 is 4.74 Å². The maximum Gasteiger partial charge on any atom is 0.316 e. The summed E-state index contributed by atoms with van der Waals surface area (Å²) >= 11 is 1.42. The van der Waals surface area contributed by atoms with E-state index in [2.05, 4.69) is 36.8 Å². The van der Waals surface area contributed by atoms with E-state index in [1.807, 2.05) is 6.92 Å². The molecule has 0 aliphatic heterocycles. The van der Waals surface area contributed by atoms with Crippen molar-refractivity contribution in [3.8, 4) is 0 Å². The topological polar surface area (TPSA) is 39.2 Å². The van der Waals surface area contributed by atoms with Crippen LogP contribution in [0.2, 0.25) is 0 Å². The molecule has 1 heterocycles. The van der Waals surface area contributed by atoms with Crippen LogP contribution in [0.5, 0.6) is 0 Å². The molecule has 1 aromatic carbocycles. The summed E-state index contributed by atoms with van der Waals surface area (Å²) in [6.45, 7) is 6.16. The number of hydrogen-bond acceptors (Lipinski definition) is 4. The highest BCUT2D eigenvalue weighted by Gasteiger charge is 2.10. The first-order valence-electron chi connectivity index (χ1n) is 6.10. The highest BCUT2D eigenvalue weighted by atomic mass is 32.2. The van der Waals surface area contributed by atoms with Crippen LogP contribution in [-0.2, 0) is 9.53 Å². The van der Waals surface area contributed by atoms with E-state index in [1.165, 1.54) is 29.8 Å². The van der Waals surface area contributed by atoms with E-state index < -0.39 is 0 Å². The molecule has 0 fully saturated rings. The van der Waals surface area contributed by atoms with Crippen molar-refractivity contribution in [2.24, 2.45) is 0 Å². The van der Waals surface area contributed by atoms with E-state index in [9.17, 15) is 4.79 Å². The predicted molar refractivity (Wildman–Crippen MR) is 78.7 cm³/mol. The number of esters is 1. The fraction of sp³-hybridized carbons (Fsp3) is 0.333. The van der Waals surface area contributed by atoms with Crippen molar-refractivity contribution in [1.29, 1.82) is 0 Å².